The molecule has 0 aliphatic carbocycles. The van der Waals surface area contributed by atoms with Crippen LogP contribution in [0.5, 0.6) is 0 Å². The average molecular weight is 469 g/mol. The summed E-state index contributed by atoms with van der Waals surface area (Å²) < 4.78 is 26.9. The quantitative estimate of drug-likeness (QED) is 0.615. The van der Waals surface area contributed by atoms with Gasteiger partial charge in [-0.3, -0.25) is 9.59 Å². The molecule has 0 bridgehead atoms. The van der Waals surface area contributed by atoms with Crippen molar-refractivity contribution in [3.63, 3.8) is 0 Å². The molecule has 8 heteroatoms. The van der Waals surface area contributed by atoms with Crippen LogP contribution < -0.4 is 10.2 Å². The molecule has 0 saturated heterocycles. The molecule has 32 heavy (non-hydrogen) atoms. The maximum absolute atomic E-state index is 13.5. The first-order valence-electron chi connectivity index (χ1n) is 10.1. The lowest BCUT2D eigenvalue weighted by Crippen LogP contribution is -2.40. The monoisotopic (exact) mass is 468 g/mol. The molecule has 1 heterocycles. The molecule has 0 fully saturated rings. The second-order valence-electron chi connectivity index (χ2n) is 7.46. The van der Waals surface area contributed by atoms with E-state index in [0.29, 0.717) is 10.6 Å². The molecular formula is C24H21ClN2O4S. The second-order valence-corrected chi connectivity index (χ2v) is 9.97. The highest BCUT2D eigenvalue weighted by molar-refractivity contribution is 7.92. The van der Waals surface area contributed by atoms with E-state index in [1.807, 2.05) is 6.07 Å². The fourth-order valence-corrected chi connectivity index (χ4v) is 5.88. The lowest BCUT2D eigenvalue weighted by molar-refractivity contribution is -0.124. The molecule has 1 unspecified atom stereocenters. The van der Waals surface area contributed by atoms with Crippen molar-refractivity contribution in [2.45, 2.75) is 23.1 Å². The predicted molar refractivity (Wildman–Crippen MR) is 123 cm³/mol. The number of hydrogen-bond donors (Lipinski definition) is 1. The number of rotatable bonds is 5. The van der Waals surface area contributed by atoms with Crippen molar-refractivity contribution in [3.8, 4) is 0 Å². The Hall–Kier alpha value is -3.16. The number of benzene rings is 3. The number of carbonyl (C=O) groups is 2. The lowest BCUT2D eigenvalue weighted by Gasteiger charge is -2.22. The Balaban J connectivity index is 1.63. The molecule has 2 amide bonds. The number of nitrogens with zero attached hydrogens (tertiary/aromatic N) is 1. The molecule has 0 radical (unpaired) electrons. The van der Waals surface area contributed by atoms with E-state index in [1.165, 1.54) is 11.0 Å². The van der Waals surface area contributed by atoms with Crippen LogP contribution in [0.15, 0.2) is 83.8 Å². The molecule has 1 N–H and O–H groups in total. The van der Waals surface area contributed by atoms with Crippen LogP contribution in [0, 0.1) is 0 Å². The number of para-hydroxylation sites is 1. The third-order valence-electron chi connectivity index (χ3n) is 5.41. The van der Waals surface area contributed by atoms with Gasteiger partial charge in [0.2, 0.25) is 11.8 Å². The van der Waals surface area contributed by atoms with Crippen molar-refractivity contribution in [2.75, 3.05) is 11.4 Å². The number of nitrogens with one attached hydrogen (secondary N) is 1. The van der Waals surface area contributed by atoms with E-state index in [0.717, 1.165) is 5.56 Å². The molecule has 0 saturated carbocycles. The van der Waals surface area contributed by atoms with Crippen molar-refractivity contribution in [3.05, 3.63) is 95.0 Å². The summed E-state index contributed by atoms with van der Waals surface area (Å²) in [5.74, 6) is -0.844. The van der Waals surface area contributed by atoms with Crippen LogP contribution in [0.1, 0.15) is 22.8 Å². The summed E-state index contributed by atoms with van der Waals surface area (Å²) in [6, 6.07) is 22.1. The summed E-state index contributed by atoms with van der Waals surface area (Å²) in [4.78, 5) is 27.1. The summed E-state index contributed by atoms with van der Waals surface area (Å²) in [7, 11) is -3.85. The van der Waals surface area contributed by atoms with Crippen molar-refractivity contribution in [1.29, 1.82) is 0 Å². The Labute approximate surface area is 191 Å². The zero-order valence-electron chi connectivity index (χ0n) is 17.1. The molecule has 0 aromatic heterocycles. The van der Waals surface area contributed by atoms with Crippen molar-refractivity contribution in [1.82, 2.24) is 5.32 Å². The maximum Gasteiger partial charge on any atom is 0.240 e. The summed E-state index contributed by atoms with van der Waals surface area (Å²) in [6.45, 7) is -0.0928. The van der Waals surface area contributed by atoms with E-state index >= 15 is 0 Å². The van der Waals surface area contributed by atoms with Gasteiger partial charge in [0.15, 0.2) is 9.84 Å². The fraction of sp³-hybridized carbons (Fsp3) is 0.167. The SMILES string of the molecule is O=C(CN1C(=O)CC(c2ccccc2)S(=O)(=O)c2ccccc21)NCc1ccccc1Cl. The Morgan fingerprint density at radius 1 is 0.969 bits per heavy atom. The van der Waals surface area contributed by atoms with Gasteiger partial charge in [-0.2, -0.15) is 0 Å². The summed E-state index contributed by atoms with van der Waals surface area (Å²) >= 11 is 6.13. The number of fused-ring (bicyclic) bond motifs is 1. The standard InChI is InChI=1S/C24H21ClN2O4S/c25-19-11-5-4-10-18(19)15-26-23(28)16-27-20-12-6-7-13-21(20)32(30,31)22(14-24(27)29)17-8-2-1-3-9-17/h1-13,22H,14-16H2,(H,26,28). The van der Waals surface area contributed by atoms with Gasteiger partial charge in [-0.1, -0.05) is 72.3 Å². The number of amides is 2. The minimum Gasteiger partial charge on any atom is -0.350 e. The highest BCUT2D eigenvalue weighted by atomic mass is 35.5. The topological polar surface area (TPSA) is 83.6 Å². The van der Waals surface area contributed by atoms with Crippen LogP contribution in [-0.2, 0) is 26.0 Å². The predicted octanol–water partition coefficient (Wildman–Crippen LogP) is 3.91. The van der Waals surface area contributed by atoms with Gasteiger partial charge in [0.1, 0.15) is 6.54 Å². The smallest absolute Gasteiger partial charge is 0.240 e. The molecule has 1 atom stereocenters. The number of sulfone groups is 1. The Morgan fingerprint density at radius 3 is 2.38 bits per heavy atom. The lowest BCUT2D eigenvalue weighted by atomic mass is 10.1. The van der Waals surface area contributed by atoms with Gasteiger partial charge < -0.3 is 10.2 Å². The van der Waals surface area contributed by atoms with E-state index < -0.39 is 26.9 Å². The molecule has 0 spiro atoms. The summed E-state index contributed by atoms with van der Waals surface area (Å²) in [6.07, 6.45) is -0.251. The van der Waals surface area contributed by atoms with Gasteiger partial charge in [-0.25, -0.2) is 8.42 Å². The van der Waals surface area contributed by atoms with E-state index in [1.54, 1.807) is 66.7 Å². The van der Waals surface area contributed by atoms with Crippen LogP contribution >= 0.6 is 11.6 Å². The van der Waals surface area contributed by atoms with E-state index in [4.69, 9.17) is 11.6 Å². The van der Waals surface area contributed by atoms with Crippen molar-refractivity contribution >= 4 is 38.9 Å². The molecule has 4 rings (SSSR count). The van der Waals surface area contributed by atoms with Gasteiger partial charge in [0, 0.05) is 18.0 Å². The van der Waals surface area contributed by atoms with Gasteiger partial charge >= 0.3 is 0 Å². The maximum atomic E-state index is 13.5. The van der Waals surface area contributed by atoms with E-state index in [-0.39, 0.29) is 30.1 Å². The molecule has 3 aromatic carbocycles. The van der Waals surface area contributed by atoms with Crippen LogP contribution in [-0.4, -0.2) is 26.8 Å². The van der Waals surface area contributed by atoms with Crippen molar-refractivity contribution in [2.24, 2.45) is 0 Å². The molecule has 164 valence electrons. The van der Waals surface area contributed by atoms with Gasteiger partial charge in [-0.05, 0) is 29.3 Å². The van der Waals surface area contributed by atoms with Crippen molar-refractivity contribution < 1.29 is 18.0 Å². The van der Waals surface area contributed by atoms with Gasteiger partial charge in [-0.15, -0.1) is 0 Å². The summed E-state index contributed by atoms with van der Waals surface area (Å²) in [5.41, 5.74) is 1.50. The first-order valence-corrected chi connectivity index (χ1v) is 12.0. The van der Waals surface area contributed by atoms with Crippen LogP contribution in [0.2, 0.25) is 5.02 Å². The zero-order valence-corrected chi connectivity index (χ0v) is 18.6. The number of carbonyl (C=O) groups excluding carboxylic acids is 2. The van der Waals surface area contributed by atoms with Crippen LogP contribution in [0.25, 0.3) is 0 Å². The molecule has 3 aromatic rings. The normalized spacial score (nSPS) is 17.3. The first kappa shape index (κ1) is 22.0. The molecular weight excluding hydrogens is 448 g/mol. The van der Waals surface area contributed by atoms with Gasteiger partial charge in [0.25, 0.3) is 0 Å². The third kappa shape index (κ3) is 4.40. The number of hydrogen-bond acceptors (Lipinski definition) is 4. The molecule has 1 aliphatic rings. The largest absolute Gasteiger partial charge is 0.350 e. The van der Waals surface area contributed by atoms with Gasteiger partial charge in [0.05, 0.1) is 15.8 Å². The minimum absolute atomic E-state index is 0.0404. The Morgan fingerprint density at radius 2 is 1.62 bits per heavy atom. The Kier molecular flexibility index (Phi) is 6.30. The second kappa shape index (κ2) is 9.14. The third-order valence-corrected chi connectivity index (χ3v) is 7.92. The highest BCUT2D eigenvalue weighted by Crippen LogP contribution is 2.40. The summed E-state index contributed by atoms with van der Waals surface area (Å²) in [5, 5.41) is 2.26. The first-order chi connectivity index (χ1) is 15.4. The number of anilines is 1. The van der Waals surface area contributed by atoms with Crippen LogP contribution in [0.3, 0.4) is 0 Å². The molecule has 6 nitrogen and oxygen atoms in total. The zero-order chi connectivity index (χ0) is 22.7. The average Bonchev–Trinajstić information content (AvgIpc) is 2.88. The fourth-order valence-electron chi connectivity index (χ4n) is 3.76. The number of halogens is 1. The molecule has 1 aliphatic heterocycles. The minimum atomic E-state index is -3.85. The van der Waals surface area contributed by atoms with E-state index in [2.05, 4.69) is 5.32 Å². The van der Waals surface area contributed by atoms with Crippen LogP contribution in [0.4, 0.5) is 5.69 Å². The highest BCUT2D eigenvalue weighted by Gasteiger charge is 2.39. The van der Waals surface area contributed by atoms with E-state index in [9.17, 15) is 18.0 Å². The Bertz CT molecular complexity index is 1260.